The van der Waals surface area contributed by atoms with Gasteiger partial charge in [-0.3, -0.25) is 0 Å². The summed E-state index contributed by atoms with van der Waals surface area (Å²) in [4.78, 5) is 1.37. The smallest absolute Gasteiger partial charge is 0.126 e. The zero-order valence-corrected chi connectivity index (χ0v) is 17.2. The second-order valence-corrected chi connectivity index (χ2v) is 8.03. The number of hydrogen-bond acceptors (Lipinski definition) is 5. The number of benzene rings is 1. The van der Waals surface area contributed by atoms with E-state index >= 15 is 0 Å². The van der Waals surface area contributed by atoms with Gasteiger partial charge in [0.15, 0.2) is 0 Å². The van der Waals surface area contributed by atoms with Gasteiger partial charge in [0, 0.05) is 5.69 Å². The number of quaternary nitrogens is 1. The summed E-state index contributed by atoms with van der Waals surface area (Å²) in [6, 6.07) is 6.05. The van der Waals surface area contributed by atoms with E-state index in [-0.39, 0.29) is 5.69 Å². The molecule has 1 aromatic carbocycles. The van der Waals surface area contributed by atoms with Crippen LogP contribution in [0.3, 0.4) is 0 Å². The van der Waals surface area contributed by atoms with E-state index in [0.29, 0.717) is 5.69 Å². The lowest BCUT2D eigenvalue weighted by Crippen LogP contribution is -3.21. The standard InChI is InChI=1S/C12H27N.C6H8N2O3S/c1-7-10(4)13(11(5)8-2)12(6)9-3;7-4-1-2-6(5(8)3-4)12(9,10)11/h10-12H,7-9H2,1-6H3;1-3H,7-8H2,(H,9,10,11). The van der Waals surface area contributed by atoms with Crippen molar-refractivity contribution in [3.05, 3.63) is 18.2 Å². The Morgan fingerprint density at radius 1 is 0.960 bits per heavy atom. The van der Waals surface area contributed by atoms with E-state index in [1.165, 1.54) is 31.4 Å². The Bertz CT molecular complexity index is 596. The Morgan fingerprint density at radius 2 is 1.36 bits per heavy atom. The number of rotatable bonds is 7. The second kappa shape index (κ2) is 10.6. The molecular weight excluding hydrogens is 338 g/mol. The molecule has 0 radical (unpaired) electrons. The topological polar surface area (TPSA) is 114 Å². The highest BCUT2D eigenvalue weighted by molar-refractivity contribution is 7.86. The van der Waals surface area contributed by atoms with E-state index in [4.69, 9.17) is 11.5 Å². The molecule has 5 N–H and O–H groups in total. The van der Waals surface area contributed by atoms with Gasteiger partial charge in [0.2, 0.25) is 0 Å². The third kappa shape index (κ3) is 7.63. The van der Waals surface area contributed by atoms with Gasteiger partial charge in [0.05, 0.1) is 28.7 Å². The van der Waals surface area contributed by atoms with Crippen molar-refractivity contribution in [1.82, 2.24) is 0 Å². The van der Waals surface area contributed by atoms with Crippen molar-refractivity contribution in [1.29, 1.82) is 0 Å². The van der Waals surface area contributed by atoms with E-state index < -0.39 is 15.0 Å². The second-order valence-electron chi connectivity index (χ2n) is 6.68. The highest BCUT2D eigenvalue weighted by Gasteiger charge is 2.25. The predicted molar refractivity (Wildman–Crippen MR) is 103 cm³/mol. The molecule has 0 saturated carbocycles. The summed E-state index contributed by atoms with van der Waals surface area (Å²) >= 11 is 0. The number of hydrogen-bond donors (Lipinski definition) is 3. The molecule has 0 aliphatic rings. The molecule has 3 atom stereocenters. The van der Waals surface area contributed by atoms with Gasteiger partial charge in [-0.2, -0.15) is 0 Å². The van der Waals surface area contributed by atoms with Gasteiger partial charge >= 0.3 is 0 Å². The Labute approximate surface area is 153 Å². The van der Waals surface area contributed by atoms with Crippen molar-refractivity contribution in [3.63, 3.8) is 0 Å². The quantitative estimate of drug-likeness (QED) is 0.500. The van der Waals surface area contributed by atoms with Crippen LogP contribution in [0.4, 0.5) is 11.4 Å². The van der Waals surface area contributed by atoms with Crippen molar-refractivity contribution in [2.24, 2.45) is 0 Å². The molecule has 0 bridgehead atoms. The lowest BCUT2D eigenvalue weighted by Gasteiger charge is -2.35. The van der Waals surface area contributed by atoms with Crippen LogP contribution >= 0.6 is 0 Å². The summed E-state index contributed by atoms with van der Waals surface area (Å²) in [7, 11) is -4.48. The Balaban J connectivity index is 0.000000462. The van der Waals surface area contributed by atoms with Gasteiger partial charge in [-0.15, -0.1) is 0 Å². The van der Waals surface area contributed by atoms with Crippen LogP contribution in [0.25, 0.3) is 0 Å². The SMILES string of the molecule is CCC(C)[NH+](C(C)CC)C(C)CC.Nc1ccc(S(=O)(=O)[O-])c(N)c1. The largest absolute Gasteiger partial charge is 0.744 e. The van der Waals surface area contributed by atoms with Gasteiger partial charge in [0.25, 0.3) is 0 Å². The van der Waals surface area contributed by atoms with Crippen LogP contribution in [-0.2, 0) is 10.1 Å². The third-order valence-corrected chi connectivity index (χ3v) is 5.76. The van der Waals surface area contributed by atoms with E-state index in [2.05, 4.69) is 41.5 Å². The summed E-state index contributed by atoms with van der Waals surface area (Å²) in [6.45, 7) is 14.1. The van der Waals surface area contributed by atoms with E-state index in [9.17, 15) is 13.0 Å². The van der Waals surface area contributed by atoms with Gasteiger partial charge < -0.3 is 20.9 Å². The lowest BCUT2D eigenvalue weighted by atomic mass is 10.1. The van der Waals surface area contributed by atoms with Crippen LogP contribution in [0.5, 0.6) is 0 Å². The third-order valence-electron chi connectivity index (χ3n) is 4.85. The van der Waals surface area contributed by atoms with Crippen molar-refractivity contribution in [2.75, 3.05) is 11.5 Å². The van der Waals surface area contributed by atoms with Gasteiger partial charge in [-0.25, -0.2) is 8.42 Å². The Kier molecular flexibility index (Phi) is 10.1. The number of nitrogens with two attached hydrogens (primary N) is 2. The van der Waals surface area contributed by atoms with E-state index in [0.717, 1.165) is 24.2 Å². The molecule has 0 aliphatic carbocycles. The highest BCUT2D eigenvalue weighted by Crippen LogP contribution is 2.19. The molecule has 25 heavy (non-hydrogen) atoms. The molecule has 0 aliphatic heterocycles. The molecule has 3 unspecified atom stereocenters. The monoisotopic (exact) mass is 373 g/mol. The molecule has 0 aromatic heterocycles. The van der Waals surface area contributed by atoms with Crippen LogP contribution in [0.15, 0.2) is 23.1 Å². The van der Waals surface area contributed by atoms with E-state index in [1.807, 2.05) is 0 Å². The summed E-state index contributed by atoms with van der Waals surface area (Å²) in [6.07, 6.45) is 3.89. The van der Waals surface area contributed by atoms with Crippen molar-refractivity contribution < 1.29 is 17.9 Å². The average Bonchev–Trinajstić information content (AvgIpc) is 2.53. The number of nitrogen functional groups attached to an aromatic ring is 2. The minimum atomic E-state index is -4.48. The molecule has 146 valence electrons. The van der Waals surface area contributed by atoms with Gasteiger partial charge in [-0.05, 0) is 58.2 Å². The maximum atomic E-state index is 10.5. The molecular formula is C18H35N3O3S. The van der Waals surface area contributed by atoms with Crippen molar-refractivity contribution in [3.8, 4) is 0 Å². The molecule has 0 amide bonds. The molecule has 0 saturated heterocycles. The molecule has 0 heterocycles. The fourth-order valence-corrected chi connectivity index (χ4v) is 3.54. The first kappa shape index (κ1) is 23.7. The first-order valence-electron chi connectivity index (χ1n) is 8.96. The minimum Gasteiger partial charge on any atom is -0.744 e. The maximum Gasteiger partial charge on any atom is 0.126 e. The van der Waals surface area contributed by atoms with Crippen molar-refractivity contribution in [2.45, 2.75) is 83.8 Å². The Hall–Kier alpha value is -1.31. The lowest BCUT2D eigenvalue weighted by molar-refractivity contribution is -0.968. The molecule has 1 rings (SSSR count). The molecule has 0 spiro atoms. The van der Waals surface area contributed by atoms with Gasteiger partial charge in [0.1, 0.15) is 10.1 Å². The number of anilines is 2. The predicted octanol–water partition coefficient (Wildman–Crippen LogP) is 2.02. The summed E-state index contributed by atoms with van der Waals surface area (Å²) in [5, 5.41) is 0. The normalized spacial score (nSPS) is 16.3. The summed E-state index contributed by atoms with van der Waals surface area (Å²) in [5.41, 5.74) is 10.7. The molecule has 6 nitrogen and oxygen atoms in total. The summed E-state index contributed by atoms with van der Waals surface area (Å²) in [5.74, 6) is 0. The van der Waals surface area contributed by atoms with Crippen LogP contribution < -0.4 is 16.4 Å². The van der Waals surface area contributed by atoms with Crippen LogP contribution in [0.2, 0.25) is 0 Å². The molecule has 1 aromatic rings. The maximum absolute atomic E-state index is 10.5. The molecule has 7 heteroatoms. The van der Waals surface area contributed by atoms with Crippen LogP contribution in [0, 0.1) is 0 Å². The van der Waals surface area contributed by atoms with Crippen LogP contribution in [-0.4, -0.2) is 31.1 Å². The van der Waals surface area contributed by atoms with E-state index in [1.54, 1.807) is 4.90 Å². The first-order valence-corrected chi connectivity index (χ1v) is 10.4. The van der Waals surface area contributed by atoms with Gasteiger partial charge in [-0.1, -0.05) is 20.8 Å². The van der Waals surface area contributed by atoms with Crippen LogP contribution in [0.1, 0.15) is 60.8 Å². The zero-order chi connectivity index (χ0) is 19.8. The first-order chi connectivity index (χ1) is 11.5. The molecule has 0 fully saturated rings. The highest BCUT2D eigenvalue weighted by atomic mass is 32.2. The zero-order valence-electron chi connectivity index (χ0n) is 16.4. The fourth-order valence-electron chi connectivity index (χ4n) is 2.96. The minimum absolute atomic E-state index is 0.120. The average molecular weight is 374 g/mol. The summed E-state index contributed by atoms with van der Waals surface area (Å²) < 4.78 is 31.5. The number of nitrogens with one attached hydrogen (secondary N) is 1. The fraction of sp³-hybridized carbons (Fsp3) is 0.667. The van der Waals surface area contributed by atoms with Crippen molar-refractivity contribution >= 4 is 21.5 Å². The Morgan fingerprint density at radius 3 is 1.64 bits per heavy atom.